The molecule has 2 fully saturated rings. The Balaban J connectivity index is 1.71. The summed E-state index contributed by atoms with van der Waals surface area (Å²) in [5.74, 6) is -0.528. The average Bonchev–Trinajstić information content (AvgIpc) is 3.09. The van der Waals surface area contributed by atoms with Gasteiger partial charge in [-0.2, -0.15) is 0 Å². The van der Waals surface area contributed by atoms with E-state index in [1.807, 2.05) is 26.0 Å². The normalized spacial score (nSPS) is 24.4. The van der Waals surface area contributed by atoms with Crippen LogP contribution in [-0.4, -0.2) is 35.6 Å². The summed E-state index contributed by atoms with van der Waals surface area (Å²) < 4.78 is 12.7. The molecule has 1 aliphatic carbocycles. The molecule has 1 amide bonds. The molecule has 2 aliphatic heterocycles. The van der Waals surface area contributed by atoms with Crippen LogP contribution >= 0.6 is 22.6 Å². The zero-order valence-corrected chi connectivity index (χ0v) is 16.6. The molecule has 1 aromatic carbocycles. The number of aliphatic hydroxyl groups excluding tert-OH is 1. The van der Waals surface area contributed by atoms with Crippen LogP contribution in [0.15, 0.2) is 17.9 Å². The first kappa shape index (κ1) is 17.3. The number of carbonyl (C=O) groups excluding carboxylic acids is 1. The van der Waals surface area contributed by atoms with Gasteiger partial charge in [0.15, 0.2) is 5.79 Å². The van der Waals surface area contributed by atoms with Crippen LogP contribution < -0.4 is 5.32 Å². The van der Waals surface area contributed by atoms with Gasteiger partial charge < -0.3 is 19.9 Å². The molecule has 5 nitrogen and oxygen atoms in total. The minimum atomic E-state index is -0.686. The van der Waals surface area contributed by atoms with Crippen LogP contribution in [0.3, 0.4) is 0 Å². The highest BCUT2D eigenvalue weighted by molar-refractivity contribution is 14.1. The molecule has 25 heavy (non-hydrogen) atoms. The third-order valence-electron chi connectivity index (χ3n) is 5.70. The van der Waals surface area contributed by atoms with Crippen LogP contribution in [0.1, 0.15) is 42.4 Å². The molecule has 2 spiro atoms. The predicted molar refractivity (Wildman–Crippen MR) is 102 cm³/mol. The Bertz CT molecular complexity index is 747. The minimum absolute atomic E-state index is 0.178. The summed E-state index contributed by atoms with van der Waals surface area (Å²) in [6.45, 7) is 5.21. The SMILES string of the molecule is Cc1cc(I)cc(C)c1C1=C(O)C2(CCC3(CC2)OCCO3)NC1=O. The molecule has 0 unspecified atom stereocenters. The predicted octanol–water partition coefficient (Wildman–Crippen LogP) is 3.36. The van der Waals surface area contributed by atoms with Crippen molar-refractivity contribution < 1.29 is 19.4 Å². The fourth-order valence-corrected chi connectivity index (χ4v) is 5.36. The van der Waals surface area contributed by atoms with E-state index in [-0.39, 0.29) is 11.7 Å². The summed E-state index contributed by atoms with van der Waals surface area (Å²) >= 11 is 2.27. The number of halogens is 1. The van der Waals surface area contributed by atoms with Gasteiger partial charge in [-0.05, 0) is 78.1 Å². The molecule has 1 aromatic rings. The first-order chi connectivity index (χ1) is 11.9. The molecule has 0 radical (unpaired) electrons. The van der Waals surface area contributed by atoms with Gasteiger partial charge in [-0.1, -0.05) is 0 Å². The Hall–Kier alpha value is -1.12. The Morgan fingerprint density at radius 1 is 1.08 bits per heavy atom. The van der Waals surface area contributed by atoms with Crippen molar-refractivity contribution in [1.82, 2.24) is 5.32 Å². The molecule has 3 aliphatic rings. The van der Waals surface area contributed by atoms with E-state index in [1.54, 1.807) is 0 Å². The Morgan fingerprint density at radius 2 is 1.64 bits per heavy atom. The molecule has 2 heterocycles. The second-order valence-corrected chi connectivity index (χ2v) is 8.53. The number of amides is 1. The summed E-state index contributed by atoms with van der Waals surface area (Å²) in [7, 11) is 0. The zero-order chi connectivity index (χ0) is 17.8. The molecule has 2 N–H and O–H groups in total. The van der Waals surface area contributed by atoms with Gasteiger partial charge in [0.1, 0.15) is 5.76 Å². The average molecular weight is 455 g/mol. The van der Waals surface area contributed by atoms with Crippen LogP contribution in [0.2, 0.25) is 0 Å². The number of nitrogens with one attached hydrogen (secondary N) is 1. The van der Waals surface area contributed by atoms with E-state index in [2.05, 4.69) is 27.9 Å². The third kappa shape index (κ3) is 2.69. The van der Waals surface area contributed by atoms with E-state index in [4.69, 9.17) is 9.47 Å². The summed E-state index contributed by atoms with van der Waals surface area (Å²) in [4.78, 5) is 12.8. The molecular weight excluding hydrogens is 433 g/mol. The number of hydrogen-bond acceptors (Lipinski definition) is 4. The minimum Gasteiger partial charge on any atom is -0.509 e. The van der Waals surface area contributed by atoms with Crippen LogP contribution in [0.5, 0.6) is 0 Å². The van der Waals surface area contributed by atoms with Crippen molar-refractivity contribution in [1.29, 1.82) is 0 Å². The quantitative estimate of drug-likeness (QED) is 0.638. The van der Waals surface area contributed by atoms with Gasteiger partial charge in [0.05, 0.1) is 24.3 Å². The first-order valence-corrected chi connectivity index (χ1v) is 9.75. The monoisotopic (exact) mass is 455 g/mol. The molecule has 6 heteroatoms. The summed E-state index contributed by atoms with van der Waals surface area (Å²) in [6, 6.07) is 4.08. The number of ether oxygens (including phenoxy) is 2. The lowest BCUT2D eigenvalue weighted by Crippen LogP contribution is -2.51. The van der Waals surface area contributed by atoms with Crippen molar-refractivity contribution in [2.45, 2.75) is 50.9 Å². The highest BCUT2D eigenvalue weighted by Gasteiger charge is 2.53. The van der Waals surface area contributed by atoms with Crippen molar-refractivity contribution in [2.24, 2.45) is 0 Å². The highest BCUT2D eigenvalue weighted by atomic mass is 127. The molecule has 1 saturated heterocycles. The van der Waals surface area contributed by atoms with Crippen LogP contribution in [-0.2, 0) is 14.3 Å². The molecule has 134 valence electrons. The molecular formula is C19H22INO4. The summed E-state index contributed by atoms with van der Waals surface area (Å²) in [5.41, 5.74) is 2.60. The van der Waals surface area contributed by atoms with Gasteiger partial charge in [-0.3, -0.25) is 4.79 Å². The second-order valence-electron chi connectivity index (χ2n) is 7.28. The smallest absolute Gasteiger partial charge is 0.256 e. The van der Waals surface area contributed by atoms with E-state index >= 15 is 0 Å². The Morgan fingerprint density at radius 3 is 2.20 bits per heavy atom. The fraction of sp³-hybridized carbons (Fsp3) is 0.526. The number of benzene rings is 1. The maximum Gasteiger partial charge on any atom is 0.256 e. The molecule has 4 rings (SSSR count). The lowest BCUT2D eigenvalue weighted by atomic mass is 9.77. The molecule has 0 bridgehead atoms. The number of rotatable bonds is 1. The maximum absolute atomic E-state index is 12.8. The zero-order valence-electron chi connectivity index (χ0n) is 14.4. The van der Waals surface area contributed by atoms with Crippen molar-refractivity contribution in [2.75, 3.05) is 13.2 Å². The molecule has 0 aromatic heterocycles. The maximum atomic E-state index is 12.8. The van der Waals surface area contributed by atoms with E-state index in [1.165, 1.54) is 0 Å². The third-order valence-corrected chi connectivity index (χ3v) is 6.32. The summed E-state index contributed by atoms with van der Waals surface area (Å²) in [5, 5.41) is 14.1. The van der Waals surface area contributed by atoms with Crippen LogP contribution in [0.25, 0.3) is 5.57 Å². The van der Waals surface area contributed by atoms with Crippen molar-refractivity contribution in [3.05, 3.63) is 38.2 Å². The Kier molecular flexibility index (Phi) is 4.12. The lowest BCUT2D eigenvalue weighted by Gasteiger charge is -2.41. The van der Waals surface area contributed by atoms with Crippen molar-refractivity contribution in [3.8, 4) is 0 Å². The van der Waals surface area contributed by atoms with Crippen LogP contribution in [0.4, 0.5) is 0 Å². The van der Waals surface area contributed by atoms with Gasteiger partial charge in [-0.15, -0.1) is 0 Å². The van der Waals surface area contributed by atoms with E-state index in [0.717, 1.165) is 20.3 Å². The lowest BCUT2D eigenvalue weighted by molar-refractivity contribution is -0.185. The van der Waals surface area contributed by atoms with Gasteiger partial charge in [0.25, 0.3) is 5.91 Å². The number of hydrogen-bond donors (Lipinski definition) is 2. The molecule has 1 saturated carbocycles. The van der Waals surface area contributed by atoms with Gasteiger partial charge in [-0.25, -0.2) is 0 Å². The number of aryl methyl sites for hydroxylation is 2. The van der Waals surface area contributed by atoms with E-state index in [0.29, 0.717) is 44.5 Å². The fourth-order valence-electron chi connectivity index (χ4n) is 4.43. The van der Waals surface area contributed by atoms with Gasteiger partial charge in [0.2, 0.25) is 0 Å². The van der Waals surface area contributed by atoms with Crippen LogP contribution in [0, 0.1) is 17.4 Å². The Labute approximate surface area is 160 Å². The number of carbonyl (C=O) groups is 1. The van der Waals surface area contributed by atoms with Crippen molar-refractivity contribution >= 4 is 34.1 Å². The standard InChI is InChI=1S/C19H22INO4/c1-11-9-13(20)10-12(2)14(11)15-16(22)18(21-17(15)23)3-5-19(6-4-18)24-7-8-25-19/h9-10,22H,3-8H2,1-2H3,(H,21,23). The highest BCUT2D eigenvalue weighted by Crippen LogP contribution is 2.47. The van der Waals surface area contributed by atoms with Gasteiger partial charge >= 0.3 is 0 Å². The number of aliphatic hydroxyl groups is 1. The first-order valence-electron chi connectivity index (χ1n) is 8.67. The largest absolute Gasteiger partial charge is 0.509 e. The van der Waals surface area contributed by atoms with Gasteiger partial charge in [0, 0.05) is 16.4 Å². The van der Waals surface area contributed by atoms with Crippen molar-refractivity contribution in [3.63, 3.8) is 0 Å². The van der Waals surface area contributed by atoms with E-state index < -0.39 is 11.3 Å². The molecule has 0 atom stereocenters. The van der Waals surface area contributed by atoms with E-state index in [9.17, 15) is 9.90 Å². The second kappa shape index (κ2) is 5.96. The topological polar surface area (TPSA) is 67.8 Å². The summed E-state index contributed by atoms with van der Waals surface area (Å²) in [6.07, 6.45) is 2.59.